The van der Waals surface area contributed by atoms with Gasteiger partial charge in [-0.15, -0.1) is 0 Å². The number of benzene rings is 1. The molecule has 1 aromatic rings. The molecular formula is C14H21N2OPr-. The molecule has 4 heteroatoms. The van der Waals surface area contributed by atoms with Crippen molar-refractivity contribution in [3.63, 3.8) is 0 Å². The third-order valence-corrected chi connectivity index (χ3v) is 2.82. The van der Waals surface area contributed by atoms with Crippen LogP contribution in [0.15, 0.2) is 18.2 Å². The summed E-state index contributed by atoms with van der Waals surface area (Å²) in [7, 11) is 0. The summed E-state index contributed by atoms with van der Waals surface area (Å²) in [5.74, 6) is -0.00764. The van der Waals surface area contributed by atoms with Crippen LogP contribution in [0.1, 0.15) is 31.4 Å². The van der Waals surface area contributed by atoms with Gasteiger partial charge in [0.05, 0.1) is 0 Å². The standard InChI is InChI=1S/C14H21N2O.Pr/c1-5-12(15-6-2)14(17)16-13-10(3)8-7-9-11(13)4;/h7-9,12H,5-6H2,1-4H3,(H,16,17);/q-1;. The van der Waals surface area contributed by atoms with Crippen molar-refractivity contribution in [1.82, 2.24) is 0 Å². The van der Waals surface area contributed by atoms with Gasteiger partial charge in [0.15, 0.2) is 0 Å². The normalized spacial score (nSPS) is 11.6. The Hall–Kier alpha value is 0.0136. The summed E-state index contributed by atoms with van der Waals surface area (Å²) in [6.45, 7) is 8.61. The first-order chi connectivity index (χ1) is 8.10. The number of carbonyl (C=O) groups is 1. The van der Waals surface area contributed by atoms with E-state index in [4.69, 9.17) is 0 Å². The van der Waals surface area contributed by atoms with Gasteiger partial charge in [0.2, 0.25) is 5.91 Å². The zero-order chi connectivity index (χ0) is 12.8. The molecule has 1 atom stereocenters. The van der Waals surface area contributed by atoms with Gasteiger partial charge in [-0.05, 0) is 25.0 Å². The smallest absolute Gasteiger partial charge is 0.206 e. The number of nitrogens with zero attached hydrogens (tertiary/aromatic N) is 1. The molecule has 1 aromatic carbocycles. The second-order valence-corrected chi connectivity index (χ2v) is 4.18. The number of likely N-dealkylation sites (N-methyl/N-ethyl adjacent to an activating group) is 1. The van der Waals surface area contributed by atoms with E-state index < -0.39 is 0 Å². The Morgan fingerprint density at radius 2 is 1.83 bits per heavy atom. The van der Waals surface area contributed by atoms with Crippen LogP contribution in [-0.4, -0.2) is 18.5 Å². The Morgan fingerprint density at radius 3 is 2.28 bits per heavy atom. The molecule has 3 nitrogen and oxygen atoms in total. The van der Waals surface area contributed by atoms with Crippen LogP contribution in [0.25, 0.3) is 5.32 Å². The maximum atomic E-state index is 12.0. The van der Waals surface area contributed by atoms with Gasteiger partial charge in [-0.25, -0.2) is 0 Å². The quantitative estimate of drug-likeness (QED) is 0.844. The van der Waals surface area contributed by atoms with E-state index in [1.54, 1.807) is 0 Å². The first-order valence-corrected chi connectivity index (χ1v) is 6.13. The number of hydrogen-bond acceptors (Lipinski definition) is 1. The van der Waals surface area contributed by atoms with Gasteiger partial charge in [0, 0.05) is 47.0 Å². The summed E-state index contributed by atoms with van der Waals surface area (Å²) in [5.41, 5.74) is 3.09. The fourth-order valence-electron chi connectivity index (χ4n) is 1.84. The minimum Gasteiger partial charge on any atom is -0.652 e. The molecule has 1 amide bonds. The molecule has 97 valence electrons. The first-order valence-electron chi connectivity index (χ1n) is 6.13. The molecule has 0 bridgehead atoms. The maximum absolute atomic E-state index is 12.0. The molecule has 0 aliphatic heterocycles. The number of anilines is 1. The predicted molar refractivity (Wildman–Crippen MR) is 72.5 cm³/mol. The predicted octanol–water partition coefficient (Wildman–Crippen LogP) is 3.41. The summed E-state index contributed by atoms with van der Waals surface area (Å²) in [6.07, 6.45) is 0.741. The second-order valence-electron chi connectivity index (χ2n) is 4.18. The van der Waals surface area contributed by atoms with Crippen molar-refractivity contribution in [2.45, 2.75) is 40.2 Å². The van der Waals surface area contributed by atoms with E-state index in [9.17, 15) is 4.79 Å². The van der Waals surface area contributed by atoms with Gasteiger partial charge in [0.25, 0.3) is 0 Å². The van der Waals surface area contributed by atoms with E-state index in [-0.39, 0.29) is 53.2 Å². The number of hydrogen-bond donors (Lipinski definition) is 1. The molecule has 18 heavy (non-hydrogen) atoms. The molecule has 0 aliphatic rings. The average Bonchev–Trinajstić information content (AvgIpc) is 2.30. The largest absolute Gasteiger partial charge is 0.652 e. The summed E-state index contributed by atoms with van der Waals surface area (Å²) in [6, 6.07) is 5.76. The van der Waals surface area contributed by atoms with Crippen molar-refractivity contribution in [3.05, 3.63) is 34.6 Å². The van der Waals surface area contributed by atoms with Crippen molar-refractivity contribution in [2.75, 3.05) is 11.9 Å². The molecule has 0 fully saturated rings. The van der Waals surface area contributed by atoms with Gasteiger partial charge >= 0.3 is 0 Å². The van der Waals surface area contributed by atoms with E-state index in [0.717, 1.165) is 23.2 Å². The van der Waals surface area contributed by atoms with Gasteiger partial charge < -0.3 is 10.6 Å². The third-order valence-electron chi connectivity index (χ3n) is 2.82. The number of carbonyl (C=O) groups excluding carboxylic acids is 1. The molecule has 0 saturated carbocycles. The van der Waals surface area contributed by atoms with Crippen molar-refractivity contribution < 1.29 is 46.1 Å². The number of aryl methyl sites for hydroxylation is 2. The van der Waals surface area contributed by atoms with Crippen LogP contribution < -0.4 is 5.32 Å². The second kappa shape index (κ2) is 9.00. The molecule has 0 aromatic heterocycles. The van der Waals surface area contributed by atoms with Crippen LogP contribution in [0.2, 0.25) is 0 Å². The Bertz CT molecular complexity index is 373. The van der Waals surface area contributed by atoms with Crippen LogP contribution >= 0.6 is 0 Å². The molecule has 1 radical (unpaired) electrons. The summed E-state index contributed by atoms with van der Waals surface area (Å²) >= 11 is 0. The van der Waals surface area contributed by atoms with E-state index >= 15 is 0 Å². The Labute approximate surface area is 143 Å². The maximum Gasteiger partial charge on any atom is 0.206 e. The molecule has 0 heterocycles. The van der Waals surface area contributed by atoms with Crippen LogP contribution in [0.4, 0.5) is 5.69 Å². The Kier molecular flexibility index (Phi) is 9.01. The molecule has 0 aliphatic carbocycles. The molecule has 1 unspecified atom stereocenters. The minimum atomic E-state index is -0.237. The van der Waals surface area contributed by atoms with Crippen molar-refractivity contribution >= 4 is 11.6 Å². The van der Waals surface area contributed by atoms with Gasteiger partial charge in [-0.2, -0.15) is 6.54 Å². The Balaban J connectivity index is 0.00000289. The zero-order valence-corrected chi connectivity index (χ0v) is 15.4. The van der Waals surface area contributed by atoms with Crippen LogP contribution in [0, 0.1) is 55.1 Å². The van der Waals surface area contributed by atoms with Crippen LogP contribution in [-0.2, 0) is 4.79 Å². The van der Waals surface area contributed by atoms with Crippen molar-refractivity contribution in [3.8, 4) is 0 Å². The summed E-state index contributed by atoms with van der Waals surface area (Å²) < 4.78 is 0. The zero-order valence-electron chi connectivity index (χ0n) is 11.7. The topological polar surface area (TPSA) is 43.2 Å². The van der Waals surface area contributed by atoms with Crippen molar-refractivity contribution in [2.24, 2.45) is 0 Å². The molecule has 1 rings (SSSR count). The monoisotopic (exact) mass is 374 g/mol. The van der Waals surface area contributed by atoms with Crippen LogP contribution in [0.5, 0.6) is 0 Å². The van der Waals surface area contributed by atoms with E-state index in [0.29, 0.717) is 6.54 Å². The number of rotatable bonds is 5. The van der Waals surface area contributed by atoms with E-state index in [2.05, 4.69) is 10.6 Å². The van der Waals surface area contributed by atoms with Gasteiger partial charge in [-0.1, -0.05) is 44.5 Å². The summed E-state index contributed by atoms with van der Waals surface area (Å²) in [4.78, 5) is 12.0. The number of nitrogens with one attached hydrogen (secondary N) is 1. The Morgan fingerprint density at radius 1 is 1.28 bits per heavy atom. The van der Waals surface area contributed by atoms with E-state index in [1.807, 2.05) is 45.9 Å². The fourth-order valence-corrected chi connectivity index (χ4v) is 1.84. The average molecular weight is 374 g/mol. The first kappa shape index (κ1) is 18.0. The van der Waals surface area contributed by atoms with E-state index in [1.165, 1.54) is 0 Å². The summed E-state index contributed by atoms with van der Waals surface area (Å²) in [5, 5.41) is 7.27. The van der Waals surface area contributed by atoms with Gasteiger partial charge in [0.1, 0.15) is 0 Å². The van der Waals surface area contributed by atoms with Crippen molar-refractivity contribution in [1.29, 1.82) is 0 Å². The fraction of sp³-hybridized carbons (Fsp3) is 0.500. The SMILES string of the molecule is CC[N-]C(CC)C(=O)Nc1c(C)cccc1C.[Pr]. The molecular weight excluding hydrogens is 353 g/mol. The minimum absolute atomic E-state index is 0. The molecule has 0 spiro atoms. The molecule has 1 N–H and O–H groups in total. The third kappa shape index (κ3) is 4.95. The number of para-hydroxylation sites is 1. The molecule has 0 saturated heterocycles. The van der Waals surface area contributed by atoms with Crippen LogP contribution in [0.3, 0.4) is 0 Å². The number of amides is 1. The van der Waals surface area contributed by atoms with Gasteiger partial charge in [-0.3, -0.25) is 4.79 Å².